The molecule has 0 amide bonds. The van der Waals surface area contributed by atoms with Crippen molar-refractivity contribution in [3.05, 3.63) is 37.0 Å². The van der Waals surface area contributed by atoms with Gasteiger partial charge in [0.1, 0.15) is 0 Å². The van der Waals surface area contributed by atoms with Crippen molar-refractivity contribution in [3.8, 4) is 0 Å². The Morgan fingerprint density at radius 3 is 1.14 bits per heavy atom. The van der Waals surface area contributed by atoms with E-state index in [2.05, 4.69) is 175 Å². The number of allylic oxidation sites excluding steroid dienone is 3. The van der Waals surface area contributed by atoms with E-state index in [-0.39, 0.29) is 41.7 Å². The molecule has 389 valence electrons. The van der Waals surface area contributed by atoms with Crippen molar-refractivity contribution in [2.45, 2.75) is 192 Å². The van der Waals surface area contributed by atoms with Gasteiger partial charge in [0.15, 0.2) is 0 Å². The molecule has 0 spiro atoms. The van der Waals surface area contributed by atoms with Gasteiger partial charge in [0.05, 0.1) is 11.3 Å². The van der Waals surface area contributed by atoms with Crippen molar-refractivity contribution < 1.29 is 60.7 Å². The van der Waals surface area contributed by atoms with Crippen LogP contribution in [0.25, 0.3) is 0 Å². The Labute approximate surface area is 474 Å². The van der Waals surface area contributed by atoms with E-state index in [0.717, 1.165) is 29.2 Å². The first-order valence-corrected chi connectivity index (χ1v) is 61.6. The van der Waals surface area contributed by atoms with Crippen LogP contribution in [0.2, 0.25) is 0 Å². The zero-order valence-electron chi connectivity index (χ0n) is 43.8. The fourth-order valence-electron chi connectivity index (χ4n) is 8.15. The zero-order valence-corrected chi connectivity index (χ0v) is 64.3. The van der Waals surface area contributed by atoms with Crippen LogP contribution in [0.15, 0.2) is 22.2 Å². The summed E-state index contributed by atoms with van der Waals surface area (Å²) in [5.41, 5.74) is 8.17. The summed E-state index contributed by atoms with van der Waals surface area (Å²) in [5.74, 6) is 1.88. The van der Waals surface area contributed by atoms with E-state index < -0.39 is 60.7 Å². The summed E-state index contributed by atoms with van der Waals surface area (Å²) in [6, 6.07) is 1.37. The van der Waals surface area contributed by atoms with Gasteiger partial charge >= 0.3 is 185 Å². The van der Waals surface area contributed by atoms with Gasteiger partial charge in [-0.3, -0.25) is 4.90 Å². The van der Waals surface area contributed by atoms with Gasteiger partial charge < -0.3 is 19.8 Å². The fraction of sp³-hybridized carbons (Fsp3) is 0.857. The summed E-state index contributed by atoms with van der Waals surface area (Å²) in [6.07, 6.45) is 0. The van der Waals surface area contributed by atoms with E-state index in [0.29, 0.717) is 22.2 Å². The van der Waals surface area contributed by atoms with Gasteiger partial charge in [0.25, 0.3) is 0 Å². The number of likely N-dealkylation sites (tertiary alicyclic amines) is 1. The molecule has 4 rings (SSSR count). The Hall–Kier alpha value is 7.35. The van der Waals surface area contributed by atoms with Crippen LogP contribution >= 0.6 is 141 Å². The van der Waals surface area contributed by atoms with Gasteiger partial charge in [-0.25, -0.2) is 0 Å². The molecule has 0 aromatic carbocycles. The molecule has 4 aliphatic rings. The van der Waals surface area contributed by atoms with E-state index >= 15 is 0 Å². The maximum atomic E-state index is 5.04. The van der Waals surface area contributed by atoms with Crippen LogP contribution < -0.4 is 0 Å². The average molecular weight is 1460 g/mol. The third kappa shape index (κ3) is 35.6. The molecule has 0 bridgehead atoms. The first-order valence-electron chi connectivity index (χ1n) is 20.5. The summed E-state index contributed by atoms with van der Waals surface area (Å²) >= 11 is -10.4. The quantitative estimate of drug-likeness (QED) is 0.135. The molecule has 0 aliphatic carbocycles. The van der Waals surface area contributed by atoms with Crippen LogP contribution in [0.5, 0.6) is 0 Å². The number of hydrogen-bond donors (Lipinski definition) is 0. The second-order valence-corrected chi connectivity index (χ2v) is 83.9. The molecule has 0 N–H and O–H groups in total. The van der Waals surface area contributed by atoms with Crippen molar-refractivity contribution in [2.75, 3.05) is 19.9 Å². The van der Waals surface area contributed by atoms with Crippen LogP contribution in [-0.4, -0.2) is 69.3 Å². The topological polar surface area (TPSA) is 6.48 Å². The van der Waals surface area contributed by atoms with Gasteiger partial charge in [-0.05, 0) is 112 Å². The molecule has 0 radical (unpaired) electrons. The normalized spacial score (nSPS) is 25.9. The first kappa shape index (κ1) is 82.7. The predicted molar refractivity (Wildman–Crippen MR) is 304 cm³/mol. The third-order valence-corrected chi connectivity index (χ3v) is 19.3. The molecule has 4 heterocycles. The molecule has 2 nitrogen and oxygen atoms in total. The number of hydrogen-bond acceptors (Lipinski definition) is 2. The number of rotatable bonds is 0. The van der Waals surface area contributed by atoms with E-state index in [1.54, 1.807) is 16.5 Å². The van der Waals surface area contributed by atoms with E-state index in [4.69, 9.17) is 125 Å². The molecular formula is C42H87Cl14N2P2Ti2Zr2. The molecule has 0 aromatic heterocycles. The van der Waals surface area contributed by atoms with Crippen molar-refractivity contribution in [2.24, 2.45) is 22.7 Å². The molecule has 64 heavy (non-hydrogen) atoms. The van der Waals surface area contributed by atoms with Gasteiger partial charge in [0, 0.05) is 66.5 Å². The van der Waals surface area contributed by atoms with Crippen LogP contribution in [0.4, 0.5) is 0 Å². The van der Waals surface area contributed by atoms with Crippen LogP contribution in [-0.2, 0) is 60.7 Å². The zero-order chi connectivity index (χ0) is 51.4. The minimum absolute atomic E-state index is 0. The summed E-state index contributed by atoms with van der Waals surface area (Å²) in [5, 5.41) is 2.22. The van der Waals surface area contributed by atoms with Crippen LogP contribution in [0.3, 0.4) is 0 Å². The Kier molecular flexibility index (Phi) is 45.2. The monoisotopic (exact) mass is 1450 g/mol. The molecule has 6 unspecified atom stereocenters. The van der Waals surface area contributed by atoms with Gasteiger partial charge in [0.2, 0.25) is 0 Å². The van der Waals surface area contributed by atoms with Gasteiger partial charge in [-0.1, -0.05) is 82.7 Å². The standard InChI is InChI=1S/C13H25N.C12H25N.C8H15P.C7H15P.2CH3.14ClH.2Ti.2Zr/c1-9-10(2)14(13(6,7)8)11(9)12(3,4)5;1-9-8-13(12(5,6)7)10(9)11(2,3)4;1-6-7(2)9(5)8(6,3)4;1-5-6(2)8(4)7(5)3;;;;;;;;;;;;;;;;;;;;/h10H,1-8H3;9-10H,8H2,1-7H3;1-5H3;5-7H,1-4H3;2*1H3;14*1H;;;;/q;;;;2*-1;;;;;;;;;;;;;;;2*+4;+3;+4/p-13. The van der Waals surface area contributed by atoms with Crippen LogP contribution in [0.1, 0.15) is 152 Å². The molecule has 0 aromatic rings. The molecule has 6 atom stereocenters. The van der Waals surface area contributed by atoms with Crippen molar-refractivity contribution in [1.82, 2.24) is 9.80 Å². The Bertz CT molecular complexity index is 1290. The molecule has 4 aliphatic heterocycles. The molecular weight excluding hydrogens is 1370 g/mol. The van der Waals surface area contributed by atoms with E-state index in [1.807, 2.05) is 0 Å². The second kappa shape index (κ2) is 35.0. The van der Waals surface area contributed by atoms with Gasteiger partial charge in [-0.2, -0.15) is 0 Å². The predicted octanol–water partition coefficient (Wildman–Crippen LogP) is 22.9. The number of halogens is 14. The van der Waals surface area contributed by atoms with Crippen molar-refractivity contribution in [1.29, 1.82) is 0 Å². The summed E-state index contributed by atoms with van der Waals surface area (Å²) in [4.78, 5) is 5.19. The molecule has 2 fully saturated rings. The fourth-order valence-corrected chi connectivity index (χ4v) is 13.0. The van der Waals surface area contributed by atoms with E-state index in [1.165, 1.54) is 12.2 Å². The van der Waals surface area contributed by atoms with Crippen molar-refractivity contribution in [3.63, 3.8) is 0 Å². The summed E-state index contributed by atoms with van der Waals surface area (Å²) < 4.78 is 0. The van der Waals surface area contributed by atoms with Gasteiger partial charge in [-0.15, -0.1) is 0 Å². The Morgan fingerprint density at radius 1 is 0.734 bits per heavy atom. The average Bonchev–Trinajstić information content (AvgIpc) is 2.99. The third-order valence-electron chi connectivity index (χ3n) is 12.0. The SMILES string of the molecule is CC1=C(C(C)(C)C)N(C(C)(C)C)C1C.CC1=C(C)C(C)(C)P1C.CC1C(C)[PH+](C)C1C.CC1CN(C(C)(C)C)C1C(C)(C)C.[CH3-].[CH3-].[Cl][Ti+]([Cl])[Cl].[Cl][Ti]([Cl])([Cl])[Cl].[Cl][Zr]([Cl])([Cl])[Cl].[Cl][Zr]([Cl])[Cl]. The summed E-state index contributed by atoms with van der Waals surface area (Å²) in [6.45, 7) is 57.3. The molecule has 0 saturated carbocycles. The second-order valence-electron chi connectivity index (χ2n) is 20.9. The molecule has 22 heteroatoms. The summed E-state index contributed by atoms with van der Waals surface area (Å²) in [7, 11) is 70.4. The van der Waals surface area contributed by atoms with E-state index in [9.17, 15) is 0 Å². The number of nitrogens with zero attached hydrogens (tertiary/aromatic N) is 2. The maximum absolute atomic E-state index is 5.04. The minimum atomic E-state index is -3.29. The Balaban J connectivity index is -0.000000156. The Morgan fingerprint density at radius 2 is 1.03 bits per heavy atom. The van der Waals surface area contributed by atoms with Crippen molar-refractivity contribution >= 4 is 141 Å². The molecule has 2 saturated heterocycles. The van der Waals surface area contributed by atoms with Crippen LogP contribution in [0, 0.1) is 37.5 Å². The first-order chi connectivity index (χ1) is 26.8.